The smallest absolute Gasteiger partial charge is 0.0285 e. The first kappa shape index (κ1) is 13.8. The second-order valence-electron chi connectivity index (χ2n) is 4.90. The highest BCUT2D eigenvalue weighted by Crippen LogP contribution is 2.21. The monoisotopic (exact) mass is 323 g/mol. The average molecular weight is 324 g/mol. The molecule has 96 valence electrons. The van der Waals surface area contributed by atoms with Crippen LogP contribution < -0.4 is 5.73 Å². The summed E-state index contributed by atoms with van der Waals surface area (Å²) in [5.41, 5.74) is 10.2. The molecule has 0 aliphatic heterocycles. The standard InChI is InChI=1S/C15H18BrNS/c1-10-3-11(2)5-12(4-10)6-14(17)8-15-7-13(16)9-18-15/h3-5,7,9,14H,6,8,17H2,1-2H3. The van der Waals surface area contributed by atoms with Gasteiger partial charge in [0.05, 0.1) is 0 Å². The minimum Gasteiger partial charge on any atom is -0.327 e. The highest BCUT2D eigenvalue weighted by Gasteiger charge is 2.08. The second-order valence-corrected chi connectivity index (χ2v) is 6.81. The van der Waals surface area contributed by atoms with Gasteiger partial charge in [-0.25, -0.2) is 0 Å². The Kier molecular flexibility index (Phi) is 4.60. The fourth-order valence-corrected chi connectivity index (χ4v) is 3.83. The van der Waals surface area contributed by atoms with Crippen molar-refractivity contribution in [3.8, 4) is 0 Å². The molecule has 18 heavy (non-hydrogen) atoms. The lowest BCUT2D eigenvalue weighted by Crippen LogP contribution is -2.25. The van der Waals surface area contributed by atoms with Crippen LogP contribution in [-0.2, 0) is 12.8 Å². The zero-order valence-corrected chi connectivity index (χ0v) is 13.1. The molecule has 1 heterocycles. The maximum absolute atomic E-state index is 6.24. The van der Waals surface area contributed by atoms with E-state index in [4.69, 9.17) is 5.73 Å². The first-order valence-corrected chi connectivity index (χ1v) is 7.76. The Bertz CT molecular complexity index is 513. The van der Waals surface area contributed by atoms with Gasteiger partial charge in [0.25, 0.3) is 0 Å². The van der Waals surface area contributed by atoms with Crippen LogP contribution in [0.3, 0.4) is 0 Å². The first-order valence-electron chi connectivity index (χ1n) is 6.08. The number of hydrogen-bond donors (Lipinski definition) is 1. The van der Waals surface area contributed by atoms with Crippen LogP contribution in [0.5, 0.6) is 0 Å². The summed E-state index contributed by atoms with van der Waals surface area (Å²) in [5, 5.41) is 2.11. The van der Waals surface area contributed by atoms with Gasteiger partial charge in [0.2, 0.25) is 0 Å². The van der Waals surface area contributed by atoms with E-state index < -0.39 is 0 Å². The molecule has 1 nitrogen and oxygen atoms in total. The number of thiophene rings is 1. The van der Waals surface area contributed by atoms with Crippen LogP contribution in [0.1, 0.15) is 21.6 Å². The van der Waals surface area contributed by atoms with Gasteiger partial charge in [-0.15, -0.1) is 11.3 Å². The average Bonchev–Trinajstić information content (AvgIpc) is 2.61. The highest BCUT2D eigenvalue weighted by atomic mass is 79.9. The van der Waals surface area contributed by atoms with Crippen molar-refractivity contribution >= 4 is 27.3 Å². The summed E-state index contributed by atoms with van der Waals surface area (Å²) in [5.74, 6) is 0. The van der Waals surface area contributed by atoms with Crippen LogP contribution in [0.25, 0.3) is 0 Å². The predicted molar refractivity (Wildman–Crippen MR) is 83.3 cm³/mol. The second kappa shape index (κ2) is 6.00. The Morgan fingerprint density at radius 1 is 1.11 bits per heavy atom. The van der Waals surface area contributed by atoms with Gasteiger partial charge in [-0.1, -0.05) is 29.3 Å². The minimum atomic E-state index is 0.191. The van der Waals surface area contributed by atoms with E-state index in [2.05, 4.69) is 59.4 Å². The molecule has 2 aromatic rings. The fourth-order valence-electron chi connectivity index (χ4n) is 2.28. The van der Waals surface area contributed by atoms with Crippen molar-refractivity contribution in [3.05, 3.63) is 55.7 Å². The van der Waals surface area contributed by atoms with Crippen molar-refractivity contribution in [2.45, 2.75) is 32.7 Å². The summed E-state index contributed by atoms with van der Waals surface area (Å²) in [6, 6.07) is 9.02. The Hall–Kier alpha value is -0.640. The Morgan fingerprint density at radius 2 is 1.78 bits per heavy atom. The van der Waals surface area contributed by atoms with Crippen LogP contribution in [0, 0.1) is 13.8 Å². The molecule has 1 atom stereocenters. The van der Waals surface area contributed by atoms with Crippen molar-refractivity contribution < 1.29 is 0 Å². The van der Waals surface area contributed by atoms with Crippen LogP contribution in [-0.4, -0.2) is 6.04 Å². The SMILES string of the molecule is Cc1cc(C)cc(CC(N)Cc2cc(Br)cs2)c1. The molecule has 1 aromatic heterocycles. The summed E-state index contributed by atoms with van der Waals surface area (Å²) < 4.78 is 1.15. The van der Waals surface area contributed by atoms with Gasteiger partial charge in [0.1, 0.15) is 0 Å². The molecular weight excluding hydrogens is 306 g/mol. The lowest BCUT2D eigenvalue weighted by molar-refractivity contribution is 0.670. The molecule has 0 aliphatic carbocycles. The van der Waals surface area contributed by atoms with Crippen molar-refractivity contribution in [2.24, 2.45) is 5.73 Å². The largest absolute Gasteiger partial charge is 0.327 e. The van der Waals surface area contributed by atoms with E-state index in [0.29, 0.717) is 0 Å². The molecular formula is C15H18BrNS. The number of benzene rings is 1. The molecule has 3 heteroatoms. The fraction of sp³-hybridized carbons (Fsp3) is 0.333. The van der Waals surface area contributed by atoms with Gasteiger partial charge in [-0.2, -0.15) is 0 Å². The maximum atomic E-state index is 6.24. The van der Waals surface area contributed by atoms with Gasteiger partial charge >= 0.3 is 0 Å². The first-order chi connectivity index (χ1) is 8.52. The highest BCUT2D eigenvalue weighted by molar-refractivity contribution is 9.10. The van der Waals surface area contributed by atoms with Crippen LogP contribution in [0.4, 0.5) is 0 Å². The molecule has 0 radical (unpaired) electrons. The third kappa shape index (κ3) is 3.94. The minimum absolute atomic E-state index is 0.191. The predicted octanol–water partition coefficient (Wildman–Crippen LogP) is 4.24. The Morgan fingerprint density at radius 3 is 2.33 bits per heavy atom. The van der Waals surface area contributed by atoms with Gasteiger partial charge in [-0.05, 0) is 54.2 Å². The molecule has 0 bridgehead atoms. The number of rotatable bonds is 4. The third-order valence-corrected chi connectivity index (χ3v) is 4.58. The molecule has 0 aliphatic rings. The van der Waals surface area contributed by atoms with E-state index in [0.717, 1.165) is 17.3 Å². The molecule has 2 N–H and O–H groups in total. The van der Waals surface area contributed by atoms with Gasteiger partial charge < -0.3 is 5.73 Å². The lowest BCUT2D eigenvalue weighted by atomic mass is 10.00. The Balaban J connectivity index is 2.00. The lowest BCUT2D eigenvalue weighted by Gasteiger charge is -2.11. The maximum Gasteiger partial charge on any atom is 0.0285 e. The molecule has 0 spiro atoms. The number of hydrogen-bond acceptors (Lipinski definition) is 2. The van der Waals surface area contributed by atoms with Crippen LogP contribution in [0.2, 0.25) is 0 Å². The van der Waals surface area contributed by atoms with Crippen molar-refractivity contribution in [1.82, 2.24) is 0 Å². The van der Waals surface area contributed by atoms with Crippen molar-refractivity contribution in [1.29, 1.82) is 0 Å². The third-order valence-electron chi connectivity index (χ3n) is 2.86. The zero-order chi connectivity index (χ0) is 13.1. The van der Waals surface area contributed by atoms with Crippen molar-refractivity contribution in [3.63, 3.8) is 0 Å². The van der Waals surface area contributed by atoms with Gasteiger partial charge in [-0.3, -0.25) is 0 Å². The van der Waals surface area contributed by atoms with Crippen LogP contribution >= 0.6 is 27.3 Å². The summed E-state index contributed by atoms with van der Waals surface area (Å²) >= 11 is 5.25. The molecule has 0 saturated heterocycles. The van der Waals surface area contributed by atoms with E-state index in [-0.39, 0.29) is 6.04 Å². The van der Waals surface area contributed by atoms with E-state index in [1.807, 2.05) is 0 Å². The number of halogens is 1. The van der Waals surface area contributed by atoms with E-state index in [1.54, 1.807) is 11.3 Å². The summed E-state index contributed by atoms with van der Waals surface area (Å²) in [4.78, 5) is 1.35. The van der Waals surface area contributed by atoms with Crippen molar-refractivity contribution in [2.75, 3.05) is 0 Å². The summed E-state index contributed by atoms with van der Waals surface area (Å²) in [6.07, 6.45) is 1.89. The van der Waals surface area contributed by atoms with E-state index in [1.165, 1.54) is 21.6 Å². The quantitative estimate of drug-likeness (QED) is 0.894. The molecule has 2 rings (SSSR count). The summed E-state index contributed by atoms with van der Waals surface area (Å²) in [7, 11) is 0. The molecule has 0 fully saturated rings. The number of nitrogens with two attached hydrogens (primary N) is 1. The zero-order valence-electron chi connectivity index (χ0n) is 10.7. The van der Waals surface area contributed by atoms with E-state index in [9.17, 15) is 0 Å². The normalized spacial score (nSPS) is 12.7. The topological polar surface area (TPSA) is 26.0 Å². The molecule has 0 saturated carbocycles. The number of aryl methyl sites for hydroxylation is 2. The molecule has 0 amide bonds. The Labute approximate surface area is 121 Å². The summed E-state index contributed by atoms with van der Waals surface area (Å²) in [6.45, 7) is 4.27. The molecule has 1 unspecified atom stereocenters. The van der Waals surface area contributed by atoms with Crippen LogP contribution in [0.15, 0.2) is 34.1 Å². The van der Waals surface area contributed by atoms with Gasteiger partial charge in [0.15, 0.2) is 0 Å². The molecule has 1 aromatic carbocycles. The van der Waals surface area contributed by atoms with E-state index >= 15 is 0 Å². The van der Waals surface area contributed by atoms with Gasteiger partial charge in [0, 0.05) is 20.8 Å².